The van der Waals surface area contributed by atoms with Gasteiger partial charge in [-0.1, -0.05) is 60.7 Å². The Kier molecular flexibility index (Phi) is 4.08. The summed E-state index contributed by atoms with van der Waals surface area (Å²) in [6, 6.07) is 23.1. The summed E-state index contributed by atoms with van der Waals surface area (Å²) < 4.78 is 0. The lowest BCUT2D eigenvalue weighted by molar-refractivity contribution is 0.104. The zero-order chi connectivity index (χ0) is 17.2. The Morgan fingerprint density at radius 2 is 1.60 bits per heavy atom. The van der Waals surface area contributed by atoms with Gasteiger partial charge in [-0.25, -0.2) is 0 Å². The predicted molar refractivity (Wildman–Crippen MR) is 103 cm³/mol. The second-order valence-electron chi connectivity index (χ2n) is 5.95. The SMILES string of the molecule is O=C(c1cccs1)c1cc(Cc2ccccc2)c(O)c2ccccc12. The number of fused-ring (bicyclic) bond motifs is 1. The molecule has 0 unspecified atom stereocenters. The Morgan fingerprint density at radius 3 is 2.32 bits per heavy atom. The first-order valence-corrected chi connectivity index (χ1v) is 8.98. The van der Waals surface area contributed by atoms with E-state index < -0.39 is 0 Å². The lowest BCUT2D eigenvalue weighted by Crippen LogP contribution is -2.02. The van der Waals surface area contributed by atoms with Crippen molar-refractivity contribution in [2.24, 2.45) is 0 Å². The van der Waals surface area contributed by atoms with Crippen LogP contribution in [0.25, 0.3) is 10.8 Å². The third-order valence-electron chi connectivity index (χ3n) is 4.32. The highest BCUT2D eigenvalue weighted by molar-refractivity contribution is 7.12. The molecule has 1 N–H and O–H groups in total. The molecule has 25 heavy (non-hydrogen) atoms. The van der Waals surface area contributed by atoms with Crippen LogP contribution in [0.15, 0.2) is 78.2 Å². The Labute approximate surface area is 150 Å². The first kappa shape index (κ1) is 15.6. The number of ketones is 1. The highest BCUT2D eigenvalue weighted by Gasteiger charge is 2.18. The van der Waals surface area contributed by atoms with Gasteiger partial charge in [0.2, 0.25) is 5.78 Å². The van der Waals surface area contributed by atoms with Gasteiger partial charge in [0.1, 0.15) is 5.75 Å². The van der Waals surface area contributed by atoms with E-state index in [2.05, 4.69) is 0 Å². The van der Waals surface area contributed by atoms with E-state index in [1.54, 1.807) is 0 Å². The van der Waals surface area contributed by atoms with Gasteiger partial charge in [0.15, 0.2) is 0 Å². The summed E-state index contributed by atoms with van der Waals surface area (Å²) in [5, 5.41) is 14.1. The number of carbonyl (C=O) groups is 1. The average molecular weight is 344 g/mol. The van der Waals surface area contributed by atoms with E-state index in [-0.39, 0.29) is 11.5 Å². The molecule has 0 bridgehead atoms. The van der Waals surface area contributed by atoms with Crippen molar-refractivity contribution in [3.8, 4) is 5.75 Å². The van der Waals surface area contributed by atoms with Gasteiger partial charge >= 0.3 is 0 Å². The van der Waals surface area contributed by atoms with E-state index >= 15 is 0 Å². The van der Waals surface area contributed by atoms with E-state index in [4.69, 9.17) is 0 Å². The van der Waals surface area contributed by atoms with Crippen LogP contribution >= 0.6 is 11.3 Å². The Hall–Kier alpha value is -2.91. The maximum atomic E-state index is 13.0. The Balaban J connectivity index is 1.89. The molecule has 0 aliphatic carbocycles. The fraction of sp³-hybridized carbons (Fsp3) is 0.0455. The molecular formula is C22H16O2S. The van der Waals surface area contributed by atoms with Gasteiger partial charge < -0.3 is 5.11 Å². The molecule has 0 radical (unpaired) electrons. The van der Waals surface area contributed by atoms with Crippen molar-refractivity contribution >= 4 is 27.9 Å². The maximum absolute atomic E-state index is 13.0. The summed E-state index contributed by atoms with van der Waals surface area (Å²) in [7, 11) is 0. The van der Waals surface area contributed by atoms with Crippen molar-refractivity contribution in [2.45, 2.75) is 6.42 Å². The molecule has 4 rings (SSSR count). The second-order valence-corrected chi connectivity index (χ2v) is 6.89. The van der Waals surface area contributed by atoms with Gasteiger partial charge in [-0.15, -0.1) is 11.3 Å². The molecule has 2 nitrogen and oxygen atoms in total. The van der Waals surface area contributed by atoms with E-state index in [9.17, 15) is 9.90 Å². The predicted octanol–water partition coefficient (Wildman–Crippen LogP) is 5.43. The Morgan fingerprint density at radius 1 is 0.880 bits per heavy atom. The molecule has 3 heteroatoms. The van der Waals surface area contributed by atoms with Crippen molar-refractivity contribution in [1.29, 1.82) is 0 Å². The number of benzene rings is 3. The van der Waals surface area contributed by atoms with Crippen molar-refractivity contribution in [2.75, 3.05) is 0 Å². The molecule has 122 valence electrons. The van der Waals surface area contributed by atoms with Gasteiger partial charge in [-0.2, -0.15) is 0 Å². The highest BCUT2D eigenvalue weighted by atomic mass is 32.1. The number of aromatic hydroxyl groups is 1. The van der Waals surface area contributed by atoms with Gasteiger partial charge in [0.25, 0.3) is 0 Å². The fourth-order valence-corrected chi connectivity index (χ4v) is 3.77. The normalized spacial score (nSPS) is 10.9. The zero-order valence-electron chi connectivity index (χ0n) is 13.5. The standard InChI is InChI=1S/C22H16O2S/c23-21-16(13-15-7-2-1-3-8-15)14-19(17-9-4-5-10-18(17)21)22(24)20-11-6-12-25-20/h1-12,14,23H,13H2. The molecule has 0 fully saturated rings. The summed E-state index contributed by atoms with van der Waals surface area (Å²) >= 11 is 1.44. The van der Waals surface area contributed by atoms with Crippen LogP contribution in [0.2, 0.25) is 0 Å². The van der Waals surface area contributed by atoms with Crippen molar-refractivity contribution < 1.29 is 9.90 Å². The lowest BCUT2D eigenvalue weighted by atomic mass is 9.93. The molecule has 1 aromatic heterocycles. The van der Waals surface area contributed by atoms with Crippen LogP contribution in [0.5, 0.6) is 5.75 Å². The number of rotatable bonds is 4. The molecule has 1 heterocycles. The molecule has 0 aliphatic heterocycles. The molecular weight excluding hydrogens is 328 g/mol. The summed E-state index contributed by atoms with van der Waals surface area (Å²) in [5.41, 5.74) is 2.51. The highest BCUT2D eigenvalue weighted by Crippen LogP contribution is 2.34. The third kappa shape index (κ3) is 2.94. The molecule has 0 aliphatic rings. The summed E-state index contributed by atoms with van der Waals surface area (Å²) in [4.78, 5) is 13.7. The van der Waals surface area contributed by atoms with Gasteiger partial charge in [0, 0.05) is 17.4 Å². The van der Waals surface area contributed by atoms with Crippen LogP contribution in [0.1, 0.15) is 26.4 Å². The van der Waals surface area contributed by atoms with Crippen LogP contribution in [0.3, 0.4) is 0 Å². The van der Waals surface area contributed by atoms with Gasteiger partial charge in [-0.3, -0.25) is 4.79 Å². The number of thiophene rings is 1. The number of phenolic OH excluding ortho intramolecular Hbond substituents is 1. The third-order valence-corrected chi connectivity index (χ3v) is 5.19. The Bertz CT molecular complexity index is 1030. The largest absolute Gasteiger partial charge is 0.507 e. The first-order chi connectivity index (χ1) is 12.2. The quantitative estimate of drug-likeness (QED) is 0.501. The van der Waals surface area contributed by atoms with E-state index in [1.165, 1.54) is 11.3 Å². The monoisotopic (exact) mass is 344 g/mol. The van der Waals surface area contributed by atoms with E-state index in [1.807, 2.05) is 78.2 Å². The topological polar surface area (TPSA) is 37.3 Å². The molecule has 0 spiro atoms. The number of phenols is 1. The van der Waals surface area contributed by atoms with Crippen LogP contribution in [0.4, 0.5) is 0 Å². The second kappa shape index (κ2) is 6.54. The number of carbonyl (C=O) groups excluding carboxylic acids is 1. The molecule has 4 aromatic rings. The fourth-order valence-electron chi connectivity index (χ4n) is 3.10. The van der Waals surface area contributed by atoms with Crippen LogP contribution in [-0.2, 0) is 6.42 Å². The van der Waals surface area contributed by atoms with Crippen molar-refractivity contribution in [3.05, 3.63) is 99.7 Å². The van der Waals surface area contributed by atoms with Crippen LogP contribution in [0, 0.1) is 0 Å². The number of hydrogen-bond donors (Lipinski definition) is 1. The smallest absolute Gasteiger partial charge is 0.203 e. The molecule has 0 saturated carbocycles. The van der Waals surface area contributed by atoms with Gasteiger partial charge in [-0.05, 0) is 34.0 Å². The molecule has 0 saturated heterocycles. The van der Waals surface area contributed by atoms with E-state index in [0.29, 0.717) is 16.9 Å². The molecule has 0 amide bonds. The lowest BCUT2D eigenvalue weighted by Gasteiger charge is -2.12. The minimum Gasteiger partial charge on any atom is -0.507 e. The van der Waals surface area contributed by atoms with Crippen molar-refractivity contribution in [3.63, 3.8) is 0 Å². The summed E-state index contributed by atoms with van der Waals surface area (Å²) in [6.07, 6.45) is 0.586. The van der Waals surface area contributed by atoms with Gasteiger partial charge in [0.05, 0.1) is 4.88 Å². The van der Waals surface area contributed by atoms with Crippen LogP contribution < -0.4 is 0 Å². The average Bonchev–Trinajstić information content (AvgIpc) is 3.19. The zero-order valence-corrected chi connectivity index (χ0v) is 14.3. The summed E-state index contributed by atoms with van der Waals surface area (Å²) in [6.45, 7) is 0. The van der Waals surface area contributed by atoms with E-state index in [0.717, 1.165) is 21.9 Å². The minimum absolute atomic E-state index is 0.000474. The maximum Gasteiger partial charge on any atom is 0.203 e. The van der Waals surface area contributed by atoms with Crippen molar-refractivity contribution in [1.82, 2.24) is 0 Å². The first-order valence-electron chi connectivity index (χ1n) is 8.10. The summed E-state index contributed by atoms with van der Waals surface area (Å²) in [5.74, 6) is 0.252. The van der Waals surface area contributed by atoms with Crippen LogP contribution in [-0.4, -0.2) is 10.9 Å². The minimum atomic E-state index is 0.000474. The molecule has 0 atom stereocenters. The number of hydrogen-bond acceptors (Lipinski definition) is 3. The molecule has 3 aromatic carbocycles.